The second-order valence-electron chi connectivity index (χ2n) is 3.73. The van der Waals surface area contributed by atoms with Crippen molar-refractivity contribution in [3.63, 3.8) is 0 Å². The molecule has 0 aliphatic carbocycles. The second-order valence-corrected chi connectivity index (χ2v) is 3.73. The Morgan fingerprint density at radius 2 is 1.82 bits per heavy atom. The number of benzene rings is 2. The van der Waals surface area contributed by atoms with E-state index in [9.17, 15) is 9.90 Å². The van der Waals surface area contributed by atoms with E-state index in [1.165, 1.54) is 12.1 Å². The molecule has 2 aromatic carbocycles. The lowest BCUT2D eigenvalue weighted by Gasteiger charge is -2.05. The molecule has 5 nitrogen and oxygen atoms in total. The van der Waals surface area contributed by atoms with Crippen LogP contribution in [-0.4, -0.2) is 23.0 Å². The van der Waals surface area contributed by atoms with Crippen molar-refractivity contribution in [2.45, 2.75) is 0 Å². The normalized spacial score (nSPS) is 12.9. The number of carbonyl (C=O) groups is 1. The smallest absolute Gasteiger partial charge is 0.335 e. The fourth-order valence-corrected chi connectivity index (χ4v) is 1.86. The third-order valence-electron chi connectivity index (χ3n) is 2.67. The highest BCUT2D eigenvalue weighted by molar-refractivity contribution is 5.98. The van der Waals surface area contributed by atoms with Gasteiger partial charge < -0.3 is 19.7 Å². The third kappa shape index (κ3) is 1.44. The van der Waals surface area contributed by atoms with Gasteiger partial charge >= 0.3 is 5.97 Å². The van der Waals surface area contributed by atoms with Crippen LogP contribution in [0.4, 0.5) is 0 Å². The molecule has 0 aromatic heterocycles. The zero-order chi connectivity index (χ0) is 12.0. The van der Waals surface area contributed by atoms with Crippen LogP contribution < -0.4 is 9.47 Å². The molecule has 0 spiro atoms. The van der Waals surface area contributed by atoms with Crippen LogP contribution in [0.5, 0.6) is 17.2 Å². The number of aromatic carboxylic acids is 1. The standard InChI is InChI=1S/C12H8O5/c13-9-2-7(12(14)15)1-6-3-10-11(4-8(6)9)17-5-16-10/h1-4,13H,5H2,(H,14,15). The number of rotatable bonds is 1. The highest BCUT2D eigenvalue weighted by atomic mass is 16.7. The molecular weight excluding hydrogens is 224 g/mol. The quantitative estimate of drug-likeness (QED) is 0.786. The molecule has 0 unspecified atom stereocenters. The summed E-state index contributed by atoms with van der Waals surface area (Å²) < 4.78 is 10.4. The van der Waals surface area contributed by atoms with Gasteiger partial charge in [0.05, 0.1) is 5.56 Å². The van der Waals surface area contributed by atoms with E-state index in [0.717, 1.165) is 0 Å². The fourth-order valence-electron chi connectivity index (χ4n) is 1.86. The van der Waals surface area contributed by atoms with Crippen LogP contribution in [-0.2, 0) is 0 Å². The van der Waals surface area contributed by atoms with E-state index in [2.05, 4.69) is 0 Å². The summed E-state index contributed by atoms with van der Waals surface area (Å²) in [5.74, 6) is -0.0617. The van der Waals surface area contributed by atoms with Crippen molar-refractivity contribution >= 4 is 16.7 Å². The maximum atomic E-state index is 10.9. The second kappa shape index (κ2) is 3.28. The molecule has 0 bridgehead atoms. The summed E-state index contributed by atoms with van der Waals surface area (Å²) in [4.78, 5) is 10.9. The fraction of sp³-hybridized carbons (Fsp3) is 0.0833. The lowest BCUT2D eigenvalue weighted by molar-refractivity contribution is 0.0696. The molecule has 0 fully saturated rings. The molecule has 1 heterocycles. The molecule has 2 N–H and O–H groups in total. The van der Waals surface area contributed by atoms with Gasteiger partial charge in [0.2, 0.25) is 6.79 Å². The molecule has 0 saturated heterocycles. The Labute approximate surface area is 95.8 Å². The van der Waals surface area contributed by atoms with Crippen molar-refractivity contribution < 1.29 is 24.5 Å². The first kappa shape index (κ1) is 9.77. The number of phenolic OH excluding ortho intramolecular Hbond substituents is 1. The average molecular weight is 232 g/mol. The minimum absolute atomic E-state index is 0.0360. The minimum atomic E-state index is -1.08. The Bertz CT molecular complexity index is 632. The highest BCUT2D eigenvalue weighted by Gasteiger charge is 2.17. The molecule has 0 amide bonds. The van der Waals surface area contributed by atoms with Gasteiger partial charge in [-0.05, 0) is 29.7 Å². The van der Waals surface area contributed by atoms with Crippen LogP contribution in [0.2, 0.25) is 0 Å². The average Bonchev–Trinajstić information content (AvgIpc) is 2.73. The molecule has 86 valence electrons. The van der Waals surface area contributed by atoms with Crippen molar-refractivity contribution in [3.8, 4) is 17.2 Å². The number of ether oxygens (including phenoxy) is 2. The van der Waals surface area contributed by atoms with Crippen LogP contribution in [0.15, 0.2) is 24.3 Å². The van der Waals surface area contributed by atoms with E-state index < -0.39 is 5.97 Å². The van der Waals surface area contributed by atoms with Crippen LogP contribution in [0.3, 0.4) is 0 Å². The summed E-state index contributed by atoms with van der Waals surface area (Å²) >= 11 is 0. The summed E-state index contributed by atoms with van der Waals surface area (Å²) in [7, 11) is 0. The zero-order valence-corrected chi connectivity index (χ0v) is 8.64. The monoisotopic (exact) mass is 232 g/mol. The van der Waals surface area contributed by atoms with Gasteiger partial charge in [0.15, 0.2) is 11.5 Å². The van der Waals surface area contributed by atoms with Gasteiger partial charge in [-0.1, -0.05) is 0 Å². The lowest BCUT2D eigenvalue weighted by atomic mass is 10.0. The molecule has 1 aliphatic heterocycles. The Morgan fingerprint density at radius 1 is 1.12 bits per heavy atom. The molecule has 0 atom stereocenters. The molecule has 5 heteroatoms. The number of carboxylic acid groups (broad SMARTS) is 1. The van der Waals surface area contributed by atoms with Crippen molar-refractivity contribution in [1.82, 2.24) is 0 Å². The number of aromatic hydroxyl groups is 1. The van der Waals surface area contributed by atoms with Gasteiger partial charge in [0, 0.05) is 5.39 Å². The van der Waals surface area contributed by atoms with E-state index in [-0.39, 0.29) is 18.1 Å². The van der Waals surface area contributed by atoms with Crippen molar-refractivity contribution in [3.05, 3.63) is 29.8 Å². The van der Waals surface area contributed by atoms with Crippen molar-refractivity contribution in [2.75, 3.05) is 6.79 Å². The van der Waals surface area contributed by atoms with E-state index >= 15 is 0 Å². The molecular formula is C12H8O5. The maximum absolute atomic E-state index is 10.9. The van der Waals surface area contributed by atoms with E-state index in [4.69, 9.17) is 14.6 Å². The first-order valence-corrected chi connectivity index (χ1v) is 4.95. The van der Waals surface area contributed by atoms with Crippen molar-refractivity contribution in [1.29, 1.82) is 0 Å². The Hall–Kier alpha value is -2.43. The number of phenols is 1. The summed E-state index contributed by atoms with van der Waals surface area (Å²) in [6.07, 6.45) is 0. The van der Waals surface area contributed by atoms with Gasteiger partial charge in [-0.15, -0.1) is 0 Å². The highest BCUT2D eigenvalue weighted by Crippen LogP contribution is 2.39. The van der Waals surface area contributed by atoms with E-state index in [1.54, 1.807) is 12.1 Å². The minimum Gasteiger partial charge on any atom is -0.507 e. The maximum Gasteiger partial charge on any atom is 0.335 e. The lowest BCUT2D eigenvalue weighted by Crippen LogP contribution is -1.95. The number of hydrogen-bond acceptors (Lipinski definition) is 4. The number of fused-ring (bicyclic) bond motifs is 2. The molecule has 17 heavy (non-hydrogen) atoms. The van der Waals surface area contributed by atoms with Crippen LogP contribution in [0.1, 0.15) is 10.4 Å². The van der Waals surface area contributed by atoms with Gasteiger partial charge in [0.25, 0.3) is 0 Å². The van der Waals surface area contributed by atoms with Gasteiger partial charge in [0.1, 0.15) is 5.75 Å². The zero-order valence-electron chi connectivity index (χ0n) is 8.64. The summed E-state index contributed by atoms with van der Waals surface area (Å²) in [6, 6.07) is 5.99. The van der Waals surface area contributed by atoms with Crippen molar-refractivity contribution in [2.24, 2.45) is 0 Å². The van der Waals surface area contributed by atoms with Gasteiger partial charge in [-0.2, -0.15) is 0 Å². The number of hydrogen-bond donors (Lipinski definition) is 2. The van der Waals surface area contributed by atoms with Gasteiger partial charge in [-0.3, -0.25) is 0 Å². The first-order chi connectivity index (χ1) is 8.15. The van der Waals surface area contributed by atoms with E-state index in [1.807, 2.05) is 0 Å². The molecule has 0 radical (unpaired) electrons. The Balaban J connectivity index is 2.31. The van der Waals surface area contributed by atoms with E-state index in [0.29, 0.717) is 22.3 Å². The molecule has 1 aliphatic rings. The Kier molecular flexibility index (Phi) is 1.89. The van der Waals surface area contributed by atoms with Crippen LogP contribution in [0.25, 0.3) is 10.8 Å². The summed E-state index contributed by atoms with van der Waals surface area (Å²) in [5.41, 5.74) is 0.0360. The van der Waals surface area contributed by atoms with Crippen LogP contribution >= 0.6 is 0 Å². The topological polar surface area (TPSA) is 76.0 Å². The summed E-state index contributed by atoms with van der Waals surface area (Å²) in [5, 5.41) is 19.8. The third-order valence-corrected chi connectivity index (χ3v) is 2.67. The molecule has 0 saturated carbocycles. The SMILES string of the molecule is O=C(O)c1cc(O)c2cc3c(cc2c1)OCO3. The molecule has 2 aromatic rings. The first-order valence-electron chi connectivity index (χ1n) is 4.95. The Morgan fingerprint density at radius 3 is 2.53 bits per heavy atom. The summed E-state index contributed by atoms with van der Waals surface area (Å²) in [6.45, 7) is 0.137. The van der Waals surface area contributed by atoms with Crippen LogP contribution in [0, 0.1) is 0 Å². The predicted molar refractivity (Wildman–Crippen MR) is 58.7 cm³/mol. The molecule has 3 rings (SSSR count). The number of carboxylic acids is 1. The predicted octanol–water partition coefficient (Wildman–Crippen LogP) is 1.97. The largest absolute Gasteiger partial charge is 0.507 e. The van der Waals surface area contributed by atoms with Gasteiger partial charge in [-0.25, -0.2) is 4.79 Å².